The van der Waals surface area contributed by atoms with E-state index in [-0.39, 0.29) is 5.92 Å². The second-order valence-corrected chi connectivity index (χ2v) is 12.9. The van der Waals surface area contributed by atoms with E-state index in [0.29, 0.717) is 0 Å². The average molecular weight is 640 g/mol. The summed E-state index contributed by atoms with van der Waals surface area (Å²) in [6.07, 6.45) is 8.14. The van der Waals surface area contributed by atoms with Gasteiger partial charge in [0.05, 0.1) is 27.9 Å². The second-order valence-electron chi connectivity index (χ2n) is 12.9. The van der Waals surface area contributed by atoms with Crippen LogP contribution in [-0.4, -0.2) is 15.0 Å². The van der Waals surface area contributed by atoms with Crippen molar-refractivity contribution < 1.29 is 0 Å². The van der Waals surface area contributed by atoms with Crippen LogP contribution in [0.25, 0.3) is 82.7 Å². The summed E-state index contributed by atoms with van der Waals surface area (Å²) in [5, 5.41) is 8.25. The van der Waals surface area contributed by atoms with Crippen molar-refractivity contribution in [1.29, 1.82) is 0 Å². The van der Waals surface area contributed by atoms with E-state index < -0.39 is 0 Å². The number of rotatable bonds is 6. The molecule has 3 heterocycles. The number of allylic oxidation sites excluding steroid dienone is 2. The summed E-state index contributed by atoms with van der Waals surface area (Å²) in [7, 11) is 0. The molecule has 3 nitrogen and oxygen atoms in total. The first kappa shape index (κ1) is 29.7. The minimum Gasteiger partial charge on any atom is -0.254 e. The molecule has 0 radical (unpaired) electrons. The Morgan fingerprint density at radius 3 is 2.14 bits per heavy atom. The van der Waals surface area contributed by atoms with Gasteiger partial charge in [-0.15, -0.1) is 6.58 Å². The zero-order valence-corrected chi connectivity index (χ0v) is 27.7. The minimum atomic E-state index is -0.0297. The molecule has 3 heteroatoms. The standard InChI is InChI=1S/C47H33N3/c1-3-31(43-24-23-35-19-18-34-10-8-26-48-46(34)47(35)50-43)14-15-32-16-20-36(27-30(32)2)37-21-17-33-22-25-44(49-45(33)29-37)42-28-38-9-4-5-11-39(38)40-12-6-7-13-41(40)42/h3-29,31H,1H2,2H3/b15-14-. The fraction of sp³-hybridized carbons (Fsp3) is 0.0426. The summed E-state index contributed by atoms with van der Waals surface area (Å²) in [4.78, 5) is 14.9. The van der Waals surface area contributed by atoms with Crippen molar-refractivity contribution in [3.63, 3.8) is 0 Å². The Hall–Kier alpha value is -6.45. The molecule has 1 atom stereocenters. The maximum atomic E-state index is 5.22. The number of benzene rings is 6. The maximum Gasteiger partial charge on any atom is 0.0968 e. The number of nitrogens with zero attached hydrogens (tertiary/aromatic N) is 3. The summed E-state index contributed by atoms with van der Waals surface area (Å²) < 4.78 is 0. The van der Waals surface area contributed by atoms with Crippen LogP contribution < -0.4 is 0 Å². The van der Waals surface area contributed by atoms with Gasteiger partial charge in [-0.1, -0.05) is 127 Å². The largest absolute Gasteiger partial charge is 0.254 e. The highest BCUT2D eigenvalue weighted by Gasteiger charge is 2.12. The lowest BCUT2D eigenvalue weighted by molar-refractivity contribution is 1.02. The van der Waals surface area contributed by atoms with Crippen LogP contribution in [0.5, 0.6) is 0 Å². The van der Waals surface area contributed by atoms with Crippen molar-refractivity contribution >= 4 is 60.3 Å². The van der Waals surface area contributed by atoms with Crippen LogP contribution in [-0.2, 0) is 0 Å². The van der Waals surface area contributed by atoms with Crippen molar-refractivity contribution in [2.45, 2.75) is 12.8 Å². The van der Waals surface area contributed by atoms with E-state index >= 15 is 0 Å². The molecule has 0 amide bonds. The summed E-state index contributed by atoms with van der Waals surface area (Å²) >= 11 is 0. The van der Waals surface area contributed by atoms with Crippen LogP contribution in [0.1, 0.15) is 22.7 Å². The molecule has 50 heavy (non-hydrogen) atoms. The average Bonchev–Trinajstić information content (AvgIpc) is 3.17. The fourth-order valence-corrected chi connectivity index (χ4v) is 7.18. The first-order valence-electron chi connectivity index (χ1n) is 17.0. The Morgan fingerprint density at radius 2 is 1.28 bits per heavy atom. The second kappa shape index (κ2) is 12.2. The SMILES string of the molecule is C=CC(/C=C\c1ccc(-c2ccc3ccc(-c4cc5ccccc5c5ccccc45)nc3c2)cc1C)c1ccc2ccc3cccnc3c2n1. The molecule has 6 aromatic carbocycles. The summed E-state index contributed by atoms with van der Waals surface area (Å²) in [5.74, 6) is -0.0297. The quantitative estimate of drug-likeness (QED) is 0.134. The third kappa shape index (κ3) is 5.21. The monoisotopic (exact) mass is 639 g/mol. The Labute approximate surface area is 290 Å². The molecule has 9 rings (SSSR count). The van der Waals surface area contributed by atoms with Crippen LogP contribution in [0.4, 0.5) is 0 Å². The molecule has 1 unspecified atom stereocenters. The smallest absolute Gasteiger partial charge is 0.0968 e. The number of aromatic nitrogens is 3. The number of hydrogen-bond acceptors (Lipinski definition) is 3. The van der Waals surface area contributed by atoms with Crippen molar-refractivity contribution in [3.8, 4) is 22.4 Å². The Balaban J connectivity index is 1.03. The summed E-state index contributed by atoms with van der Waals surface area (Å²) in [6.45, 7) is 6.30. The fourth-order valence-electron chi connectivity index (χ4n) is 7.18. The molecular formula is C47H33N3. The van der Waals surface area contributed by atoms with Gasteiger partial charge in [-0.05, 0) is 81.1 Å². The highest BCUT2D eigenvalue weighted by molar-refractivity contribution is 6.13. The van der Waals surface area contributed by atoms with Gasteiger partial charge in [0.25, 0.3) is 0 Å². The predicted octanol–water partition coefficient (Wildman–Crippen LogP) is 12.3. The van der Waals surface area contributed by atoms with Gasteiger partial charge in [0.2, 0.25) is 0 Å². The summed E-state index contributed by atoms with van der Waals surface area (Å²) in [6, 6.07) is 49.5. The Morgan fingerprint density at radius 1 is 0.580 bits per heavy atom. The number of hydrogen-bond donors (Lipinski definition) is 0. The highest BCUT2D eigenvalue weighted by atomic mass is 14.8. The normalized spacial score (nSPS) is 12.4. The van der Waals surface area contributed by atoms with Crippen LogP contribution in [0, 0.1) is 6.92 Å². The maximum absolute atomic E-state index is 5.22. The lowest BCUT2D eigenvalue weighted by Crippen LogP contribution is -1.96. The summed E-state index contributed by atoms with van der Waals surface area (Å²) in [5.41, 5.74) is 10.6. The first-order valence-corrected chi connectivity index (χ1v) is 17.0. The molecule has 0 aliphatic heterocycles. The molecule has 3 aromatic heterocycles. The van der Waals surface area contributed by atoms with E-state index in [1.54, 1.807) is 0 Å². The molecule has 236 valence electrons. The highest BCUT2D eigenvalue weighted by Crippen LogP contribution is 2.35. The van der Waals surface area contributed by atoms with E-state index in [2.05, 4.69) is 164 Å². The molecule has 0 aliphatic rings. The number of aryl methyl sites for hydroxylation is 1. The molecule has 9 aromatic rings. The first-order chi connectivity index (χ1) is 24.6. The van der Waals surface area contributed by atoms with Crippen LogP contribution in [0.3, 0.4) is 0 Å². The van der Waals surface area contributed by atoms with Gasteiger partial charge >= 0.3 is 0 Å². The van der Waals surface area contributed by atoms with Crippen molar-refractivity contribution in [3.05, 3.63) is 181 Å². The van der Waals surface area contributed by atoms with E-state index in [0.717, 1.165) is 60.8 Å². The molecule has 0 N–H and O–H groups in total. The zero-order chi connectivity index (χ0) is 33.6. The van der Waals surface area contributed by atoms with E-state index in [4.69, 9.17) is 9.97 Å². The van der Waals surface area contributed by atoms with Crippen molar-refractivity contribution in [1.82, 2.24) is 15.0 Å². The lowest BCUT2D eigenvalue weighted by Gasteiger charge is -2.12. The van der Waals surface area contributed by atoms with E-state index in [1.165, 1.54) is 32.7 Å². The molecule has 0 bridgehead atoms. The molecule has 0 fully saturated rings. The van der Waals surface area contributed by atoms with E-state index in [1.807, 2.05) is 18.3 Å². The zero-order valence-electron chi connectivity index (χ0n) is 27.7. The predicted molar refractivity (Wildman–Crippen MR) is 211 cm³/mol. The molecular weight excluding hydrogens is 607 g/mol. The van der Waals surface area contributed by atoms with Gasteiger partial charge in [0.15, 0.2) is 0 Å². The minimum absolute atomic E-state index is 0.0297. The van der Waals surface area contributed by atoms with Crippen LogP contribution >= 0.6 is 0 Å². The van der Waals surface area contributed by atoms with Crippen LogP contribution in [0.15, 0.2) is 164 Å². The Kier molecular flexibility index (Phi) is 7.25. The number of pyridine rings is 3. The van der Waals surface area contributed by atoms with Gasteiger partial charge in [-0.3, -0.25) is 4.98 Å². The number of fused-ring (bicyclic) bond motifs is 7. The van der Waals surface area contributed by atoms with Gasteiger partial charge in [0.1, 0.15) is 0 Å². The van der Waals surface area contributed by atoms with Gasteiger partial charge in [0, 0.05) is 33.8 Å². The lowest BCUT2D eigenvalue weighted by atomic mass is 9.95. The third-order valence-corrected chi connectivity index (χ3v) is 9.87. The van der Waals surface area contributed by atoms with Gasteiger partial charge < -0.3 is 0 Å². The van der Waals surface area contributed by atoms with Gasteiger partial charge in [-0.25, -0.2) is 9.97 Å². The Bertz CT molecular complexity index is 2810. The molecule has 0 saturated carbocycles. The van der Waals surface area contributed by atoms with E-state index in [9.17, 15) is 0 Å². The van der Waals surface area contributed by atoms with Crippen molar-refractivity contribution in [2.75, 3.05) is 0 Å². The van der Waals surface area contributed by atoms with Crippen LogP contribution in [0.2, 0.25) is 0 Å². The van der Waals surface area contributed by atoms with Gasteiger partial charge in [-0.2, -0.15) is 0 Å². The third-order valence-electron chi connectivity index (χ3n) is 9.87. The topological polar surface area (TPSA) is 38.7 Å². The van der Waals surface area contributed by atoms with Crippen molar-refractivity contribution in [2.24, 2.45) is 0 Å². The molecule has 0 spiro atoms. The molecule has 0 aliphatic carbocycles. The molecule has 0 saturated heterocycles.